The standard InChI is InChI=1S/C26H43NO3/c1-6-7-8-25(28)27-23-14-12-21(13-15-23)11-9-20(2)10-16-24-17-22(19-29-5)18-26(3,4)30-24/h7-10,16,21-24H,6,11-15,17-19H2,1-5H3,(H,27,28)/b8-7-,16-10+,20-9+/t21-,22-,23+,24+/m0/s1. The number of methoxy groups -OCH3 is 1. The molecule has 1 amide bonds. The first-order valence-corrected chi connectivity index (χ1v) is 11.8. The van der Waals surface area contributed by atoms with Crippen molar-refractivity contribution in [1.82, 2.24) is 5.32 Å². The zero-order valence-electron chi connectivity index (χ0n) is 19.8. The molecule has 0 spiro atoms. The SMILES string of the molecule is CC/C=C\C(=O)N[C@H]1CC[C@@H](C/C=C(C)/C=C/[C@@H]2C[C@H](COC)CC(C)(C)O2)CC1. The Labute approximate surface area is 184 Å². The van der Waals surface area contributed by atoms with Crippen LogP contribution in [0.25, 0.3) is 0 Å². The second-order valence-corrected chi connectivity index (χ2v) is 9.76. The van der Waals surface area contributed by atoms with Gasteiger partial charge in [-0.05, 0) is 90.0 Å². The van der Waals surface area contributed by atoms with Gasteiger partial charge in [0.05, 0.1) is 11.7 Å². The maximum absolute atomic E-state index is 11.8. The molecule has 4 heteroatoms. The molecule has 0 aromatic heterocycles. The fourth-order valence-corrected chi connectivity index (χ4v) is 4.79. The summed E-state index contributed by atoms with van der Waals surface area (Å²) in [7, 11) is 1.78. The third kappa shape index (κ3) is 9.18. The van der Waals surface area contributed by atoms with Crippen molar-refractivity contribution in [3.8, 4) is 0 Å². The Balaban J connectivity index is 1.75. The van der Waals surface area contributed by atoms with Gasteiger partial charge < -0.3 is 14.8 Å². The summed E-state index contributed by atoms with van der Waals surface area (Å²) < 4.78 is 11.6. The molecule has 0 aromatic rings. The second kappa shape index (κ2) is 12.5. The van der Waals surface area contributed by atoms with Crippen molar-refractivity contribution in [1.29, 1.82) is 0 Å². The molecule has 2 rings (SSSR count). The van der Waals surface area contributed by atoms with E-state index in [2.05, 4.69) is 44.3 Å². The van der Waals surface area contributed by atoms with Crippen molar-refractivity contribution < 1.29 is 14.3 Å². The van der Waals surface area contributed by atoms with Crippen molar-refractivity contribution in [2.24, 2.45) is 11.8 Å². The van der Waals surface area contributed by atoms with E-state index < -0.39 is 0 Å². The predicted molar refractivity (Wildman–Crippen MR) is 124 cm³/mol. The Bertz CT molecular complexity index is 612. The minimum absolute atomic E-state index is 0.0574. The van der Waals surface area contributed by atoms with Gasteiger partial charge in [0.2, 0.25) is 5.91 Å². The number of hydrogen-bond acceptors (Lipinski definition) is 3. The van der Waals surface area contributed by atoms with Crippen LogP contribution in [-0.2, 0) is 14.3 Å². The molecule has 1 aliphatic heterocycles. The number of ether oxygens (including phenoxy) is 2. The van der Waals surface area contributed by atoms with Crippen LogP contribution in [0.15, 0.2) is 36.0 Å². The smallest absolute Gasteiger partial charge is 0.243 e. The highest BCUT2D eigenvalue weighted by atomic mass is 16.5. The first-order chi connectivity index (χ1) is 14.3. The van der Waals surface area contributed by atoms with E-state index >= 15 is 0 Å². The second-order valence-electron chi connectivity index (χ2n) is 9.76. The largest absolute Gasteiger partial charge is 0.384 e. The number of nitrogens with one attached hydrogen (secondary N) is 1. The van der Waals surface area contributed by atoms with Gasteiger partial charge >= 0.3 is 0 Å². The molecular weight excluding hydrogens is 374 g/mol. The van der Waals surface area contributed by atoms with Gasteiger partial charge in [-0.15, -0.1) is 0 Å². The normalized spacial score (nSPS) is 30.1. The molecule has 1 aliphatic carbocycles. The Hall–Kier alpha value is -1.39. The number of carbonyl (C=O) groups is 1. The van der Waals surface area contributed by atoms with Gasteiger partial charge in [0.15, 0.2) is 0 Å². The highest BCUT2D eigenvalue weighted by molar-refractivity contribution is 5.87. The lowest BCUT2D eigenvalue weighted by molar-refractivity contribution is -0.117. The lowest BCUT2D eigenvalue weighted by atomic mass is 9.83. The summed E-state index contributed by atoms with van der Waals surface area (Å²) in [5, 5.41) is 3.14. The Morgan fingerprint density at radius 3 is 2.57 bits per heavy atom. The number of rotatable bonds is 9. The van der Waals surface area contributed by atoms with Crippen LogP contribution in [0.2, 0.25) is 0 Å². The average Bonchev–Trinajstić information content (AvgIpc) is 2.69. The summed E-state index contributed by atoms with van der Waals surface area (Å²) in [6.07, 6.45) is 19.2. The number of amides is 1. The number of hydrogen-bond donors (Lipinski definition) is 1. The Kier molecular flexibility index (Phi) is 10.3. The summed E-state index contributed by atoms with van der Waals surface area (Å²) in [5.41, 5.74) is 1.22. The third-order valence-corrected chi connectivity index (χ3v) is 6.26. The van der Waals surface area contributed by atoms with Gasteiger partial charge in [-0.2, -0.15) is 0 Å². The van der Waals surface area contributed by atoms with E-state index in [1.165, 1.54) is 18.4 Å². The zero-order valence-corrected chi connectivity index (χ0v) is 19.8. The molecule has 2 aliphatic rings. The summed E-state index contributed by atoms with van der Waals surface area (Å²) in [5.74, 6) is 1.34. The molecule has 30 heavy (non-hydrogen) atoms. The van der Waals surface area contributed by atoms with E-state index in [1.807, 2.05) is 13.0 Å². The molecule has 0 aromatic carbocycles. The van der Waals surface area contributed by atoms with Gasteiger partial charge in [0.1, 0.15) is 0 Å². The lowest BCUT2D eigenvalue weighted by Gasteiger charge is -2.39. The zero-order chi connectivity index (χ0) is 22.0. The van der Waals surface area contributed by atoms with Crippen molar-refractivity contribution in [2.75, 3.05) is 13.7 Å². The molecule has 170 valence electrons. The van der Waals surface area contributed by atoms with Crippen LogP contribution in [0.4, 0.5) is 0 Å². The third-order valence-electron chi connectivity index (χ3n) is 6.26. The highest BCUT2D eigenvalue weighted by Crippen LogP contribution is 2.33. The molecule has 0 bridgehead atoms. The highest BCUT2D eigenvalue weighted by Gasteiger charge is 2.33. The first-order valence-electron chi connectivity index (χ1n) is 11.8. The summed E-state index contributed by atoms with van der Waals surface area (Å²) in [6.45, 7) is 9.39. The molecule has 1 saturated heterocycles. The van der Waals surface area contributed by atoms with Crippen molar-refractivity contribution in [3.05, 3.63) is 36.0 Å². The van der Waals surface area contributed by atoms with E-state index in [9.17, 15) is 4.79 Å². The van der Waals surface area contributed by atoms with Crippen molar-refractivity contribution in [2.45, 2.75) is 96.8 Å². The minimum Gasteiger partial charge on any atom is -0.384 e. The van der Waals surface area contributed by atoms with E-state index in [4.69, 9.17) is 9.47 Å². The summed E-state index contributed by atoms with van der Waals surface area (Å²) >= 11 is 0. The molecule has 0 radical (unpaired) electrons. The maximum Gasteiger partial charge on any atom is 0.243 e. The van der Waals surface area contributed by atoms with Crippen molar-refractivity contribution >= 4 is 5.91 Å². The number of allylic oxidation sites excluding steroid dienone is 4. The first kappa shape index (κ1) is 24.9. The van der Waals surface area contributed by atoms with Crippen LogP contribution in [-0.4, -0.2) is 37.4 Å². The topological polar surface area (TPSA) is 47.6 Å². The van der Waals surface area contributed by atoms with Crippen molar-refractivity contribution in [3.63, 3.8) is 0 Å². The van der Waals surface area contributed by atoms with Crippen LogP contribution >= 0.6 is 0 Å². The molecule has 1 N–H and O–H groups in total. The van der Waals surface area contributed by atoms with E-state index in [1.54, 1.807) is 13.2 Å². The van der Waals surface area contributed by atoms with Crippen LogP contribution in [0.3, 0.4) is 0 Å². The Morgan fingerprint density at radius 2 is 1.90 bits per heavy atom. The van der Waals surface area contributed by atoms with Crippen LogP contribution in [0, 0.1) is 11.8 Å². The molecule has 2 fully saturated rings. The van der Waals surface area contributed by atoms with Gasteiger partial charge in [-0.1, -0.05) is 36.8 Å². The van der Waals surface area contributed by atoms with E-state index in [-0.39, 0.29) is 17.6 Å². The van der Waals surface area contributed by atoms with Crippen LogP contribution in [0.5, 0.6) is 0 Å². The molecule has 4 nitrogen and oxygen atoms in total. The molecule has 1 heterocycles. The van der Waals surface area contributed by atoms with Crippen LogP contribution < -0.4 is 5.32 Å². The maximum atomic E-state index is 11.8. The minimum atomic E-state index is -0.0888. The van der Waals surface area contributed by atoms with Crippen LogP contribution in [0.1, 0.15) is 79.1 Å². The quantitative estimate of drug-likeness (QED) is 0.384. The van der Waals surface area contributed by atoms with E-state index in [0.29, 0.717) is 12.0 Å². The van der Waals surface area contributed by atoms with Gasteiger partial charge in [0, 0.05) is 19.8 Å². The van der Waals surface area contributed by atoms with E-state index in [0.717, 1.165) is 51.0 Å². The monoisotopic (exact) mass is 417 g/mol. The summed E-state index contributed by atoms with van der Waals surface area (Å²) in [6, 6.07) is 0.340. The molecular formula is C26H43NO3. The Morgan fingerprint density at radius 1 is 1.17 bits per heavy atom. The lowest BCUT2D eigenvalue weighted by Crippen LogP contribution is -2.40. The summed E-state index contributed by atoms with van der Waals surface area (Å²) in [4.78, 5) is 11.8. The fourth-order valence-electron chi connectivity index (χ4n) is 4.79. The van der Waals surface area contributed by atoms with Gasteiger partial charge in [0.25, 0.3) is 0 Å². The van der Waals surface area contributed by atoms with Gasteiger partial charge in [-0.25, -0.2) is 0 Å². The molecule has 1 saturated carbocycles. The molecule has 2 atom stereocenters. The number of carbonyl (C=O) groups excluding carboxylic acids is 1. The fraction of sp³-hybridized carbons (Fsp3) is 0.731. The molecule has 0 unspecified atom stereocenters. The average molecular weight is 418 g/mol. The van der Waals surface area contributed by atoms with Gasteiger partial charge in [-0.3, -0.25) is 4.79 Å². The predicted octanol–water partition coefficient (Wildman–Crippen LogP) is 5.74.